The Morgan fingerprint density at radius 3 is 1.42 bits per heavy atom. The highest BCUT2D eigenvalue weighted by Crippen LogP contribution is 2.26. The molecule has 0 bridgehead atoms. The van der Waals surface area contributed by atoms with Gasteiger partial charge in [-0.05, 0) is 83.9 Å². The van der Waals surface area contributed by atoms with Gasteiger partial charge in [0.05, 0.1) is 13.2 Å². The fourth-order valence-electron chi connectivity index (χ4n) is 3.50. The highest BCUT2D eigenvalue weighted by Gasteiger charge is 2.09. The van der Waals surface area contributed by atoms with E-state index in [1.54, 1.807) is 24.3 Å². The van der Waals surface area contributed by atoms with E-state index in [2.05, 4.69) is 0 Å². The third-order valence-electron chi connectivity index (χ3n) is 4.97. The van der Waals surface area contributed by atoms with Crippen LogP contribution in [0.25, 0.3) is 21.5 Å². The maximum absolute atomic E-state index is 9.57. The zero-order chi connectivity index (χ0) is 21.8. The van der Waals surface area contributed by atoms with Crippen molar-refractivity contribution in [2.24, 2.45) is 0 Å². The summed E-state index contributed by atoms with van der Waals surface area (Å²) in [4.78, 5) is 0. The summed E-state index contributed by atoms with van der Waals surface area (Å²) in [6, 6.07) is 22.1. The van der Waals surface area contributed by atoms with E-state index in [0.29, 0.717) is 13.2 Å². The second-order valence-electron chi connectivity index (χ2n) is 7.78. The fourth-order valence-corrected chi connectivity index (χ4v) is 3.50. The molecule has 0 amide bonds. The van der Waals surface area contributed by atoms with Gasteiger partial charge in [0.1, 0.15) is 35.2 Å². The first-order chi connectivity index (χ1) is 15.0. The number of phenolic OH excluding ortho intramolecular Hbond substituents is 2. The van der Waals surface area contributed by atoms with E-state index in [1.807, 2.05) is 62.4 Å². The van der Waals surface area contributed by atoms with E-state index >= 15 is 0 Å². The maximum atomic E-state index is 9.57. The van der Waals surface area contributed by atoms with Crippen molar-refractivity contribution in [3.8, 4) is 23.0 Å². The SMILES string of the molecule is CC(COCC(C)Oc1ccc2cc(O)ccc2c1)Oc1ccc2cc(O)ccc2c1. The molecule has 0 radical (unpaired) electrons. The molecule has 0 heterocycles. The summed E-state index contributed by atoms with van der Waals surface area (Å²) in [7, 11) is 0. The highest BCUT2D eigenvalue weighted by molar-refractivity contribution is 5.85. The predicted molar refractivity (Wildman–Crippen MR) is 122 cm³/mol. The Balaban J connectivity index is 1.25. The van der Waals surface area contributed by atoms with Gasteiger partial charge in [0.25, 0.3) is 0 Å². The van der Waals surface area contributed by atoms with E-state index in [0.717, 1.165) is 33.0 Å². The Bertz CT molecular complexity index is 1090. The molecule has 0 aliphatic heterocycles. The van der Waals surface area contributed by atoms with Crippen molar-refractivity contribution in [1.82, 2.24) is 0 Å². The molecule has 5 heteroatoms. The van der Waals surface area contributed by atoms with Crippen molar-refractivity contribution in [3.05, 3.63) is 72.8 Å². The molecule has 31 heavy (non-hydrogen) atoms. The zero-order valence-corrected chi connectivity index (χ0v) is 17.6. The van der Waals surface area contributed by atoms with Gasteiger partial charge in [0, 0.05) is 0 Å². The molecule has 160 valence electrons. The molecule has 0 fully saturated rings. The lowest BCUT2D eigenvalue weighted by molar-refractivity contribution is 0.0189. The van der Waals surface area contributed by atoms with Crippen LogP contribution in [0.2, 0.25) is 0 Å². The first kappa shape index (κ1) is 20.8. The van der Waals surface area contributed by atoms with Crippen LogP contribution in [0.1, 0.15) is 13.8 Å². The van der Waals surface area contributed by atoms with Gasteiger partial charge < -0.3 is 24.4 Å². The molecule has 2 unspecified atom stereocenters. The standard InChI is InChI=1S/C26H26O5/c1-17(30-25-9-5-19-11-23(27)7-3-21(19)13-25)15-29-16-18(2)31-26-10-6-20-12-24(28)8-4-22(20)14-26/h3-14,17-18,27-28H,15-16H2,1-2H3. The summed E-state index contributed by atoms with van der Waals surface area (Å²) < 4.78 is 17.7. The summed E-state index contributed by atoms with van der Waals surface area (Å²) in [5.41, 5.74) is 0. The number of fused-ring (bicyclic) bond motifs is 2. The number of hydrogen-bond acceptors (Lipinski definition) is 5. The van der Waals surface area contributed by atoms with Crippen molar-refractivity contribution in [1.29, 1.82) is 0 Å². The Morgan fingerprint density at radius 1 is 0.581 bits per heavy atom. The van der Waals surface area contributed by atoms with E-state index in [1.165, 1.54) is 0 Å². The van der Waals surface area contributed by atoms with Gasteiger partial charge in [-0.2, -0.15) is 0 Å². The van der Waals surface area contributed by atoms with Crippen molar-refractivity contribution in [2.45, 2.75) is 26.1 Å². The summed E-state index contributed by atoms with van der Waals surface area (Å²) in [6.07, 6.45) is -0.231. The molecule has 5 nitrogen and oxygen atoms in total. The summed E-state index contributed by atoms with van der Waals surface area (Å²) in [6.45, 7) is 4.81. The summed E-state index contributed by atoms with van der Waals surface area (Å²) >= 11 is 0. The minimum atomic E-state index is -0.116. The van der Waals surface area contributed by atoms with Gasteiger partial charge in [-0.1, -0.05) is 24.3 Å². The largest absolute Gasteiger partial charge is 0.508 e. The first-order valence-corrected chi connectivity index (χ1v) is 10.3. The predicted octanol–water partition coefficient (Wildman–Crippen LogP) is 5.66. The van der Waals surface area contributed by atoms with Crippen LogP contribution < -0.4 is 9.47 Å². The molecule has 0 saturated heterocycles. The van der Waals surface area contributed by atoms with Crippen LogP contribution in [0.15, 0.2) is 72.8 Å². The lowest BCUT2D eigenvalue weighted by atomic mass is 10.1. The molecular weight excluding hydrogens is 392 g/mol. The lowest BCUT2D eigenvalue weighted by Gasteiger charge is -2.18. The molecular formula is C26H26O5. The quantitative estimate of drug-likeness (QED) is 0.387. The van der Waals surface area contributed by atoms with Gasteiger partial charge >= 0.3 is 0 Å². The molecule has 4 aromatic rings. The normalized spacial score (nSPS) is 13.2. The van der Waals surface area contributed by atoms with Crippen LogP contribution in [0, 0.1) is 0 Å². The van der Waals surface area contributed by atoms with Crippen LogP contribution in [0.4, 0.5) is 0 Å². The lowest BCUT2D eigenvalue weighted by Crippen LogP contribution is -2.25. The average molecular weight is 418 g/mol. The molecule has 0 aliphatic carbocycles. The molecule has 2 N–H and O–H groups in total. The van der Waals surface area contributed by atoms with Crippen molar-refractivity contribution in [3.63, 3.8) is 0 Å². The summed E-state index contributed by atoms with van der Waals surface area (Å²) in [5.74, 6) is 2.03. The van der Waals surface area contributed by atoms with Crippen molar-refractivity contribution >= 4 is 21.5 Å². The van der Waals surface area contributed by atoms with Gasteiger partial charge in [0.2, 0.25) is 0 Å². The van der Waals surface area contributed by atoms with Crippen molar-refractivity contribution < 1.29 is 24.4 Å². The van der Waals surface area contributed by atoms with Crippen LogP contribution in [0.5, 0.6) is 23.0 Å². The van der Waals surface area contributed by atoms with Crippen LogP contribution in [-0.2, 0) is 4.74 Å². The topological polar surface area (TPSA) is 68.2 Å². The molecule has 0 saturated carbocycles. The number of phenols is 2. The van der Waals surface area contributed by atoms with E-state index < -0.39 is 0 Å². The van der Waals surface area contributed by atoms with E-state index in [-0.39, 0.29) is 23.7 Å². The Morgan fingerprint density at radius 2 is 0.968 bits per heavy atom. The molecule has 0 aliphatic rings. The number of ether oxygens (including phenoxy) is 3. The second kappa shape index (κ2) is 9.14. The van der Waals surface area contributed by atoms with E-state index in [4.69, 9.17) is 14.2 Å². The van der Waals surface area contributed by atoms with Gasteiger partial charge in [0.15, 0.2) is 0 Å². The molecule has 0 aromatic heterocycles. The third-order valence-corrected chi connectivity index (χ3v) is 4.97. The van der Waals surface area contributed by atoms with Crippen molar-refractivity contribution in [2.75, 3.05) is 13.2 Å². The summed E-state index contributed by atoms with van der Waals surface area (Å²) in [5, 5.41) is 23.1. The Labute approximate surface area is 181 Å². The zero-order valence-electron chi connectivity index (χ0n) is 17.6. The molecule has 0 spiro atoms. The number of hydrogen-bond donors (Lipinski definition) is 2. The molecule has 4 rings (SSSR count). The monoisotopic (exact) mass is 418 g/mol. The molecule has 4 aromatic carbocycles. The van der Waals surface area contributed by atoms with Gasteiger partial charge in [-0.15, -0.1) is 0 Å². The Kier molecular flexibility index (Phi) is 6.14. The fraction of sp³-hybridized carbons (Fsp3) is 0.231. The first-order valence-electron chi connectivity index (χ1n) is 10.3. The van der Waals surface area contributed by atoms with Gasteiger partial charge in [-0.3, -0.25) is 0 Å². The minimum absolute atomic E-state index is 0.116. The Hall–Kier alpha value is -3.44. The average Bonchev–Trinajstić information content (AvgIpc) is 2.74. The maximum Gasteiger partial charge on any atom is 0.120 e. The third kappa shape index (κ3) is 5.38. The molecule has 2 atom stereocenters. The van der Waals surface area contributed by atoms with E-state index in [9.17, 15) is 10.2 Å². The van der Waals surface area contributed by atoms with Gasteiger partial charge in [-0.25, -0.2) is 0 Å². The second-order valence-corrected chi connectivity index (χ2v) is 7.78. The number of aromatic hydroxyl groups is 2. The van der Waals surface area contributed by atoms with Crippen LogP contribution in [-0.4, -0.2) is 35.6 Å². The van der Waals surface area contributed by atoms with Crippen LogP contribution in [0.3, 0.4) is 0 Å². The highest BCUT2D eigenvalue weighted by atomic mass is 16.6. The smallest absolute Gasteiger partial charge is 0.120 e. The number of benzene rings is 4. The minimum Gasteiger partial charge on any atom is -0.508 e. The number of rotatable bonds is 8. The van der Waals surface area contributed by atoms with Crippen LogP contribution >= 0.6 is 0 Å².